The second-order valence-corrected chi connectivity index (χ2v) is 7.92. The number of carboxylic acids is 1. The van der Waals surface area contributed by atoms with Crippen molar-refractivity contribution in [3.63, 3.8) is 0 Å². The first-order valence-electron chi connectivity index (χ1n) is 8.69. The number of rotatable bonds is 7. The number of para-hydroxylation sites is 2. The highest BCUT2D eigenvalue weighted by atomic mass is 32.2. The van der Waals surface area contributed by atoms with Gasteiger partial charge in [-0.05, 0) is 42.7 Å². The van der Waals surface area contributed by atoms with Gasteiger partial charge in [0.05, 0.1) is 29.5 Å². The summed E-state index contributed by atoms with van der Waals surface area (Å²) in [4.78, 5) is 12.7. The molecular weight excluding hydrogens is 368 g/mol. The van der Waals surface area contributed by atoms with Crippen LogP contribution in [0.5, 0.6) is 0 Å². The van der Waals surface area contributed by atoms with Crippen molar-refractivity contribution in [2.45, 2.75) is 17.7 Å². The molecule has 3 rings (SSSR count). The summed E-state index contributed by atoms with van der Waals surface area (Å²) in [5.74, 6) is -1.13. The number of hydrogen-bond donors (Lipinski definition) is 1. The van der Waals surface area contributed by atoms with E-state index >= 15 is 0 Å². The Hall–Kier alpha value is -2.58. The molecule has 0 amide bonds. The monoisotopic (exact) mass is 389 g/mol. The minimum Gasteiger partial charge on any atom is -0.550 e. The van der Waals surface area contributed by atoms with E-state index in [1.807, 2.05) is 12.1 Å². The Balaban J connectivity index is 1.77. The van der Waals surface area contributed by atoms with Crippen molar-refractivity contribution in [1.29, 1.82) is 0 Å². The van der Waals surface area contributed by atoms with E-state index in [1.54, 1.807) is 24.3 Å². The zero-order valence-electron chi connectivity index (χ0n) is 14.8. The van der Waals surface area contributed by atoms with E-state index in [9.17, 15) is 18.3 Å². The maximum atomic E-state index is 12.8. The lowest BCUT2D eigenvalue weighted by atomic mass is 10.1. The predicted molar refractivity (Wildman–Crippen MR) is 100 cm³/mol. The van der Waals surface area contributed by atoms with E-state index in [0.29, 0.717) is 38.4 Å². The molecule has 2 aromatic rings. The summed E-state index contributed by atoms with van der Waals surface area (Å²) < 4.78 is 33.5. The molecule has 0 aliphatic carbocycles. The highest BCUT2D eigenvalue weighted by molar-refractivity contribution is 7.92. The fourth-order valence-electron chi connectivity index (χ4n) is 2.93. The number of carbonyl (C=O) groups is 1. The molecule has 1 fully saturated rings. The Labute approximate surface area is 158 Å². The van der Waals surface area contributed by atoms with Crippen LogP contribution >= 0.6 is 0 Å². The molecule has 8 heteroatoms. The molecule has 0 radical (unpaired) electrons. The molecule has 1 aliphatic rings. The van der Waals surface area contributed by atoms with Crippen LogP contribution in [0.2, 0.25) is 0 Å². The van der Waals surface area contributed by atoms with Gasteiger partial charge in [0, 0.05) is 19.1 Å². The van der Waals surface area contributed by atoms with E-state index in [0.717, 1.165) is 11.3 Å². The van der Waals surface area contributed by atoms with Crippen LogP contribution in [0.15, 0.2) is 53.4 Å². The number of nitrogens with zero attached hydrogens (tertiary/aromatic N) is 1. The van der Waals surface area contributed by atoms with Crippen LogP contribution in [0.4, 0.5) is 11.4 Å². The number of nitrogens with one attached hydrogen (secondary N) is 1. The van der Waals surface area contributed by atoms with Gasteiger partial charge in [0.25, 0.3) is 10.0 Å². The quantitative estimate of drug-likeness (QED) is 0.759. The highest BCUT2D eigenvalue weighted by Gasteiger charge is 2.19. The zero-order chi connectivity index (χ0) is 19.3. The van der Waals surface area contributed by atoms with E-state index in [1.165, 1.54) is 12.1 Å². The molecule has 7 nitrogen and oxygen atoms in total. The van der Waals surface area contributed by atoms with Gasteiger partial charge in [-0.2, -0.15) is 0 Å². The number of morpholine rings is 1. The van der Waals surface area contributed by atoms with Crippen LogP contribution < -0.4 is 14.7 Å². The predicted octanol–water partition coefficient (Wildman–Crippen LogP) is 1.01. The molecule has 1 saturated heterocycles. The average molecular weight is 389 g/mol. The van der Waals surface area contributed by atoms with Gasteiger partial charge in [-0.1, -0.05) is 24.3 Å². The summed E-state index contributed by atoms with van der Waals surface area (Å²) in [5.41, 5.74) is 2.07. The van der Waals surface area contributed by atoms with E-state index in [2.05, 4.69) is 9.62 Å². The smallest absolute Gasteiger partial charge is 0.261 e. The molecule has 1 heterocycles. The number of anilines is 2. The van der Waals surface area contributed by atoms with Gasteiger partial charge >= 0.3 is 0 Å². The number of ether oxygens (including phenoxy) is 1. The van der Waals surface area contributed by atoms with E-state index in [4.69, 9.17) is 4.74 Å². The number of hydrogen-bond acceptors (Lipinski definition) is 6. The molecule has 0 unspecified atom stereocenters. The van der Waals surface area contributed by atoms with Crippen molar-refractivity contribution < 1.29 is 23.1 Å². The Morgan fingerprint density at radius 3 is 2.41 bits per heavy atom. The van der Waals surface area contributed by atoms with Crippen molar-refractivity contribution in [2.24, 2.45) is 0 Å². The van der Waals surface area contributed by atoms with Gasteiger partial charge in [-0.25, -0.2) is 8.42 Å². The zero-order valence-corrected chi connectivity index (χ0v) is 15.6. The first-order valence-corrected chi connectivity index (χ1v) is 10.2. The van der Waals surface area contributed by atoms with Crippen LogP contribution in [0.3, 0.4) is 0 Å². The highest BCUT2D eigenvalue weighted by Crippen LogP contribution is 2.28. The average Bonchev–Trinajstić information content (AvgIpc) is 2.67. The lowest BCUT2D eigenvalue weighted by Crippen LogP contribution is -2.36. The first kappa shape index (κ1) is 19.2. The van der Waals surface area contributed by atoms with E-state index < -0.39 is 16.0 Å². The molecule has 2 aromatic carbocycles. The Morgan fingerprint density at radius 2 is 1.74 bits per heavy atom. The van der Waals surface area contributed by atoms with Crippen molar-refractivity contribution in [1.82, 2.24) is 0 Å². The normalized spacial score (nSPS) is 14.7. The fourth-order valence-corrected chi connectivity index (χ4v) is 4.00. The number of aryl methyl sites for hydroxylation is 1. The number of carboxylic acid groups (broad SMARTS) is 1. The van der Waals surface area contributed by atoms with Crippen LogP contribution in [0.25, 0.3) is 0 Å². The molecule has 0 spiro atoms. The third-order valence-electron chi connectivity index (χ3n) is 4.35. The summed E-state index contributed by atoms with van der Waals surface area (Å²) in [7, 11) is -3.76. The Bertz CT molecular complexity index is 891. The second-order valence-electron chi connectivity index (χ2n) is 6.24. The second kappa shape index (κ2) is 8.41. The molecule has 0 atom stereocenters. The Morgan fingerprint density at radius 1 is 1.07 bits per heavy atom. The SMILES string of the molecule is O=C([O-])CCc1ccc(S(=O)(=O)Nc2ccccc2N2CCOCC2)cc1. The number of sulfonamides is 1. The maximum Gasteiger partial charge on any atom is 0.261 e. The molecule has 1 N–H and O–H groups in total. The maximum absolute atomic E-state index is 12.8. The number of aliphatic carboxylic acids is 1. The third kappa shape index (κ3) is 4.99. The van der Waals surface area contributed by atoms with Crippen LogP contribution in [0, 0.1) is 0 Å². The van der Waals surface area contributed by atoms with E-state index in [-0.39, 0.29) is 11.3 Å². The van der Waals surface area contributed by atoms with Gasteiger partial charge in [-0.3, -0.25) is 4.72 Å². The molecule has 144 valence electrons. The summed E-state index contributed by atoms with van der Waals surface area (Å²) in [6, 6.07) is 13.5. The summed E-state index contributed by atoms with van der Waals surface area (Å²) in [6.45, 7) is 2.61. The van der Waals surface area contributed by atoms with Crippen LogP contribution in [0.1, 0.15) is 12.0 Å². The molecule has 27 heavy (non-hydrogen) atoms. The summed E-state index contributed by atoms with van der Waals surface area (Å²) in [5, 5.41) is 10.5. The first-order chi connectivity index (χ1) is 13.0. The van der Waals surface area contributed by atoms with Gasteiger partial charge < -0.3 is 19.5 Å². The lowest BCUT2D eigenvalue weighted by Gasteiger charge is -2.30. The standard InChI is InChI=1S/C19H22N2O5S/c22-19(23)10-7-15-5-8-16(9-6-15)27(24,25)20-17-3-1-2-4-18(17)21-11-13-26-14-12-21/h1-6,8-9,20H,7,10-14H2,(H,22,23)/p-1. The summed E-state index contributed by atoms with van der Waals surface area (Å²) in [6.07, 6.45) is 0.202. The van der Waals surface area contributed by atoms with Crippen molar-refractivity contribution in [3.8, 4) is 0 Å². The molecular formula is C19H21N2O5S-. The molecule has 0 aromatic heterocycles. The lowest BCUT2D eigenvalue weighted by molar-refractivity contribution is -0.305. The third-order valence-corrected chi connectivity index (χ3v) is 5.73. The van der Waals surface area contributed by atoms with Crippen molar-refractivity contribution in [3.05, 3.63) is 54.1 Å². The Kier molecular flexibility index (Phi) is 5.98. The molecule has 0 bridgehead atoms. The largest absolute Gasteiger partial charge is 0.550 e. The fraction of sp³-hybridized carbons (Fsp3) is 0.316. The number of benzene rings is 2. The van der Waals surface area contributed by atoms with Crippen LogP contribution in [-0.4, -0.2) is 40.7 Å². The van der Waals surface area contributed by atoms with Gasteiger partial charge in [0.15, 0.2) is 0 Å². The van der Waals surface area contributed by atoms with Crippen LogP contribution in [-0.2, 0) is 26.0 Å². The van der Waals surface area contributed by atoms with Gasteiger partial charge in [-0.15, -0.1) is 0 Å². The van der Waals surface area contributed by atoms with Crippen molar-refractivity contribution in [2.75, 3.05) is 35.9 Å². The summed E-state index contributed by atoms with van der Waals surface area (Å²) >= 11 is 0. The van der Waals surface area contributed by atoms with Crippen molar-refractivity contribution >= 4 is 27.4 Å². The van der Waals surface area contributed by atoms with Gasteiger partial charge in [0.1, 0.15) is 0 Å². The number of carbonyl (C=O) groups excluding carboxylic acids is 1. The minimum atomic E-state index is -3.76. The molecule has 1 aliphatic heterocycles. The minimum absolute atomic E-state index is 0.0999. The topological polar surface area (TPSA) is 98.8 Å². The molecule has 0 saturated carbocycles. The van der Waals surface area contributed by atoms with Gasteiger partial charge in [0.2, 0.25) is 0 Å².